The largest absolute Gasteiger partial charge is 0.463 e. The molecule has 0 aromatic carbocycles. The molecule has 4 rings (SSSR count). The average Bonchev–Trinajstić information content (AvgIpc) is 3.41. The smallest absolute Gasteiger partial charge is 0.236 e. The highest BCUT2D eigenvalue weighted by Crippen LogP contribution is 2.22. The maximum absolute atomic E-state index is 12.2. The third-order valence-corrected chi connectivity index (χ3v) is 5.34. The number of carbonyl (C=O) groups excluding carboxylic acids is 1. The molecule has 138 valence electrons. The van der Waals surface area contributed by atoms with Gasteiger partial charge in [0.25, 0.3) is 0 Å². The van der Waals surface area contributed by atoms with Crippen LogP contribution in [0.3, 0.4) is 0 Å². The summed E-state index contributed by atoms with van der Waals surface area (Å²) in [5.74, 6) is 0.632. The molecule has 0 unspecified atom stereocenters. The van der Waals surface area contributed by atoms with Crippen molar-refractivity contribution in [1.82, 2.24) is 30.0 Å². The topological polar surface area (TPSA) is 111 Å². The van der Waals surface area contributed by atoms with Gasteiger partial charge in [0.2, 0.25) is 16.2 Å². The van der Waals surface area contributed by atoms with Crippen molar-refractivity contribution in [1.29, 1.82) is 0 Å². The average molecular weight is 401 g/mol. The fourth-order valence-corrected chi connectivity index (χ4v) is 3.86. The number of hydrogen-bond acceptors (Lipinski definition) is 9. The first kappa shape index (κ1) is 17.6. The Hall–Kier alpha value is -2.79. The summed E-state index contributed by atoms with van der Waals surface area (Å²) in [5.41, 5.74) is 1.26. The van der Waals surface area contributed by atoms with E-state index in [0.29, 0.717) is 27.4 Å². The van der Waals surface area contributed by atoms with Crippen LogP contribution in [0.2, 0.25) is 0 Å². The van der Waals surface area contributed by atoms with Gasteiger partial charge in [0.1, 0.15) is 10.7 Å². The van der Waals surface area contributed by atoms with Gasteiger partial charge in [-0.25, -0.2) is 0 Å². The number of anilines is 1. The number of rotatable bonds is 7. The molecule has 0 saturated heterocycles. The first-order valence-electron chi connectivity index (χ1n) is 8.24. The van der Waals surface area contributed by atoms with Crippen LogP contribution in [0.4, 0.5) is 5.13 Å². The molecular weight excluding hydrogens is 386 g/mol. The van der Waals surface area contributed by atoms with E-state index in [0.717, 1.165) is 17.8 Å². The zero-order chi connectivity index (χ0) is 18.6. The molecule has 0 bridgehead atoms. The van der Waals surface area contributed by atoms with Crippen LogP contribution in [0.5, 0.6) is 0 Å². The van der Waals surface area contributed by atoms with Crippen LogP contribution in [0, 0.1) is 0 Å². The van der Waals surface area contributed by atoms with E-state index in [1.165, 1.54) is 23.1 Å². The van der Waals surface area contributed by atoms with Crippen LogP contribution in [0.25, 0.3) is 17.1 Å². The van der Waals surface area contributed by atoms with Crippen molar-refractivity contribution < 1.29 is 9.21 Å². The Morgan fingerprint density at radius 1 is 1.26 bits per heavy atom. The molecule has 0 saturated carbocycles. The number of nitrogens with zero attached hydrogens (tertiary/aromatic N) is 6. The molecule has 1 N–H and O–H groups in total. The normalized spacial score (nSPS) is 11.1. The summed E-state index contributed by atoms with van der Waals surface area (Å²) in [6.45, 7) is 2.07. The van der Waals surface area contributed by atoms with Crippen molar-refractivity contribution in [3.05, 3.63) is 35.5 Å². The number of hydrogen-bond donors (Lipinski definition) is 1. The second kappa shape index (κ2) is 7.84. The standard InChI is InChI=1S/C16H15N7O2S2/c1-2-4-14-19-20-15(27-14)17-13(24)9-26-16-21-18-12-7-6-10(22-23(12)16)11-5-3-8-25-11/h3,5-8H,2,4,9H2,1H3,(H,17,20,24). The summed E-state index contributed by atoms with van der Waals surface area (Å²) in [6, 6.07) is 7.24. The van der Waals surface area contributed by atoms with Crippen molar-refractivity contribution >= 4 is 39.8 Å². The summed E-state index contributed by atoms with van der Waals surface area (Å²) >= 11 is 2.64. The lowest BCUT2D eigenvalue weighted by molar-refractivity contribution is -0.113. The Labute approximate surface area is 162 Å². The highest BCUT2D eigenvalue weighted by molar-refractivity contribution is 7.99. The van der Waals surface area contributed by atoms with Gasteiger partial charge in [-0.05, 0) is 30.7 Å². The zero-order valence-electron chi connectivity index (χ0n) is 14.3. The van der Waals surface area contributed by atoms with E-state index in [1.54, 1.807) is 22.9 Å². The van der Waals surface area contributed by atoms with Crippen molar-refractivity contribution in [2.24, 2.45) is 0 Å². The van der Waals surface area contributed by atoms with E-state index < -0.39 is 0 Å². The Morgan fingerprint density at radius 3 is 3.00 bits per heavy atom. The van der Waals surface area contributed by atoms with E-state index in [1.807, 2.05) is 12.1 Å². The molecule has 11 heteroatoms. The van der Waals surface area contributed by atoms with Gasteiger partial charge in [-0.15, -0.1) is 20.4 Å². The lowest BCUT2D eigenvalue weighted by Crippen LogP contribution is -2.14. The molecule has 0 atom stereocenters. The van der Waals surface area contributed by atoms with Gasteiger partial charge < -0.3 is 4.42 Å². The quantitative estimate of drug-likeness (QED) is 0.471. The maximum Gasteiger partial charge on any atom is 0.236 e. The SMILES string of the molecule is CCCc1nnc(NC(=O)CSc2nnc3ccc(-c4ccco4)nn23)s1. The number of amides is 1. The Morgan fingerprint density at radius 2 is 2.19 bits per heavy atom. The molecule has 27 heavy (non-hydrogen) atoms. The number of thioether (sulfide) groups is 1. The van der Waals surface area contributed by atoms with Crippen molar-refractivity contribution in [2.75, 3.05) is 11.1 Å². The molecule has 9 nitrogen and oxygen atoms in total. The first-order valence-corrected chi connectivity index (χ1v) is 10.0. The lowest BCUT2D eigenvalue weighted by Gasteiger charge is -2.01. The molecule has 4 heterocycles. The predicted octanol–water partition coefficient (Wildman–Crippen LogP) is 2.92. The third kappa shape index (κ3) is 3.98. The van der Waals surface area contributed by atoms with Gasteiger partial charge in [0, 0.05) is 6.42 Å². The van der Waals surface area contributed by atoms with E-state index in [4.69, 9.17) is 4.42 Å². The van der Waals surface area contributed by atoms with Crippen LogP contribution in [-0.2, 0) is 11.2 Å². The Balaban J connectivity index is 1.43. The van der Waals surface area contributed by atoms with Gasteiger partial charge in [-0.2, -0.15) is 9.61 Å². The van der Waals surface area contributed by atoms with E-state index in [2.05, 4.69) is 37.7 Å². The molecular formula is C16H15N7O2S2. The Bertz CT molecular complexity index is 1060. The van der Waals surface area contributed by atoms with Crippen molar-refractivity contribution in [3.63, 3.8) is 0 Å². The number of furan rings is 1. The molecule has 0 radical (unpaired) electrons. The summed E-state index contributed by atoms with van der Waals surface area (Å²) in [6.07, 6.45) is 3.44. The van der Waals surface area contributed by atoms with Crippen LogP contribution < -0.4 is 5.32 Å². The molecule has 0 aliphatic carbocycles. The minimum atomic E-state index is -0.182. The van der Waals surface area contributed by atoms with Crippen LogP contribution in [0.15, 0.2) is 40.1 Å². The predicted molar refractivity (Wildman–Crippen MR) is 102 cm³/mol. The summed E-state index contributed by atoms with van der Waals surface area (Å²) in [7, 11) is 0. The van der Waals surface area contributed by atoms with Gasteiger partial charge in [0.15, 0.2) is 11.4 Å². The maximum atomic E-state index is 12.2. The number of aromatic nitrogens is 6. The summed E-state index contributed by atoms with van der Waals surface area (Å²) < 4.78 is 6.97. The minimum absolute atomic E-state index is 0.163. The molecule has 4 aromatic rings. The third-order valence-electron chi connectivity index (χ3n) is 3.52. The first-order chi connectivity index (χ1) is 13.2. The summed E-state index contributed by atoms with van der Waals surface area (Å²) in [4.78, 5) is 12.2. The van der Waals surface area contributed by atoms with E-state index >= 15 is 0 Å². The summed E-state index contributed by atoms with van der Waals surface area (Å²) in [5, 5.41) is 25.4. The van der Waals surface area contributed by atoms with Crippen LogP contribution in [0.1, 0.15) is 18.4 Å². The highest BCUT2D eigenvalue weighted by Gasteiger charge is 2.13. The molecule has 0 fully saturated rings. The number of aryl methyl sites for hydroxylation is 1. The number of carbonyl (C=O) groups is 1. The monoisotopic (exact) mass is 401 g/mol. The number of nitrogens with one attached hydrogen (secondary N) is 1. The van der Waals surface area contributed by atoms with Gasteiger partial charge in [-0.3, -0.25) is 10.1 Å². The molecule has 1 amide bonds. The zero-order valence-corrected chi connectivity index (χ0v) is 16.0. The highest BCUT2D eigenvalue weighted by atomic mass is 32.2. The van der Waals surface area contributed by atoms with Gasteiger partial charge >= 0.3 is 0 Å². The molecule has 0 spiro atoms. The fraction of sp³-hybridized carbons (Fsp3) is 0.250. The van der Waals surface area contributed by atoms with Gasteiger partial charge in [0.05, 0.1) is 12.0 Å². The fourth-order valence-electron chi connectivity index (χ4n) is 2.32. The van der Waals surface area contributed by atoms with Crippen LogP contribution in [-0.4, -0.2) is 41.7 Å². The molecule has 0 aliphatic rings. The minimum Gasteiger partial charge on any atom is -0.463 e. The lowest BCUT2D eigenvalue weighted by atomic mass is 10.3. The van der Waals surface area contributed by atoms with E-state index in [-0.39, 0.29) is 11.7 Å². The van der Waals surface area contributed by atoms with Gasteiger partial charge in [-0.1, -0.05) is 30.0 Å². The molecule has 0 aliphatic heterocycles. The molecule has 4 aromatic heterocycles. The number of fused-ring (bicyclic) bond motifs is 1. The second-order valence-electron chi connectivity index (χ2n) is 5.54. The van der Waals surface area contributed by atoms with Crippen LogP contribution >= 0.6 is 23.1 Å². The van der Waals surface area contributed by atoms with Crippen molar-refractivity contribution in [2.45, 2.75) is 24.9 Å². The Kier molecular flexibility index (Phi) is 5.12. The second-order valence-corrected chi connectivity index (χ2v) is 7.54. The van der Waals surface area contributed by atoms with E-state index in [9.17, 15) is 4.79 Å². The van der Waals surface area contributed by atoms with Crippen molar-refractivity contribution in [3.8, 4) is 11.5 Å².